The van der Waals surface area contributed by atoms with E-state index < -0.39 is 5.82 Å². The van der Waals surface area contributed by atoms with Crippen molar-refractivity contribution < 1.29 is 9.18 Å². The number of halogens is 2. The highest BCUT2D eigenvalue weighted by molar-refractivity contribution is 9.10. The van der Waals surface area contributed by atoms with Gasteiger partial charge in [0.2, 0.25) is 5.91 Å². The molecule has 0 aliphatic carbocycles. The third-order valence-electron chi connectivity index (χ3n) is 2.43. The van der Waals surface area contributed by atoms with E-state index in [0.717, 1.165) is 10.9 Å². The molecule has 0 spiro atoms. The lowest BCUT2D eigenvalue weighted by atomic mass is 10.2. The lowest BCUT2D eigenvalue weighted by Crippen LogP contribution is -2.34. The van der Waals surface area contributed by atoms with Crippen LogP contribution in [0.2, 0.25) is 0 Å². The Labute approximate surface area is 109 Å². The van der Waals surface area contributed by atoms with Crippen LogP contribution in [0.15, 0.2) is 22.7 Å². The predicted molar refractivity (Wildman–Crippen MR) is 70.5 cm³/mol. The van der Waals surface area contributed by atoms with Gasteiger partial charge in [-0.1, -0.05) is 22.9 Å². The number of nitrogens with one attached hydrogen (secondary N) is 2. The van der Waals surface area contributed by atoms with Crippen LogP contribution in [0.25, 0.3) is 0 Å². The fourth-order valence-electron chi connectivity index (χ4n) is 1.20. The molecule has 2 N–H and O–H groups in total. The first-order valence-electron chi connectivity index (χ1n) is 5.51. The van der Waals surface area contributed by atoms with E-state index >= 15 is 0 Å². The third kappa shape index (κ3) is 4.83. The van der Waals surface area contributed by atoms with Crippen LogP contribution in [0.4, 0.5) is 10.1 Å². The number of hydrogen-bond donors (Lipinski definition) is 2. The zero-order chi connectivity index (χ0) is 12.8. The smallest absolute Gasteiger partial charge is 0.238 e. The van der Waals surface area contributed by atoms with E-state index in [1.54, 1.807) is 6.07 Å². The Balaban J connectivity index is 2.53. The van der Waals surface area contributed by atoms with Gasteiger partial charge in [0.15, 0.2) is 0 Å². The molecule has 0 aliphatic heterocycles. The van der Waals surface area contributed by atoms with Crippen LogP contribution in [0.3, 0.4) is 0 Å². The molecule has 5 heteroatoms. The summed E-state index contributed by atoms with van der Waals surface area (Å²) in [6.45, 7) is 4.21. The summed E-state index contributed by atoms with van der Waals surface area (Å²) in [5.41, 5.74) is 0.190. The number of carbonyl (C=O) groups excluding carboxylic acids is 1. The molecule has 1 amide bonds. The first kappa shape index (κ1) is 14.1. The van der Waals surface area contributed by atoms with Gasteiger partial charge in [-0.15, -0.1) is 0 Å². The molecular weight excluding hydrogens is 287 g/mol. The van der Waals surface area contributed by atoms with Crippen molar-refractivity contribution in [2.75, 3.05) is 11.9 Å². The van der Waals surface area contributed by atoms with E-state index in [0.29, 0.717) is 0 Å². The van der Waals surface area contributed by atoms with Gasteiger partial charge < -0.3 is 10.6 Å². The van der Waals surface area contributed by atoms with Gasteiger partial charge in [-0.2, -0.15) is 0 Å². The second-order valence-electron chi connectivity index (χ2n) is 3.86. The van der Waals surface area contributed by atoms with Gasteiger partial charge in [0.1, 0.15) is 5.82 Å². The van der Waals surface area contributed by atoms with Crippen molar-refractivity contribution in [1.29, 1.82) is 0 Å². The molecule has 0 saturated carbocycles. The Bertz CT molecular complexity index is 398. The van der Waals surface area contributed by atoms with Crippen molar-refractivity contribution in [3.63, 3.8) is 0 Å². The van der Waals surface area contributed by atoms with E-state index in [9.17, 15) is 9.18 Å². The van der Waals surface area contributed by atoms with Crippen LogP contribution in [0.1, 0.15) is 20.3 Å². The maximum Gasteiger partial charge on any atom is 0.238 e. The highest BCUT2D eigenvalue weighted by Crippen LogP contribution is 2.19. The van der Waals surface area contributed by atoms with E-state index in [1.165, 1.54) is 12.1 Å². The van der Waals surface area contributed by atoms with Crippen molar-refractivity contribution in [1.82, 2.24) is 5.32 Å². The molecule has 0 heterocycles. The fraction of sp³-hybridized carbons (Fsp3) is 0.417. The second-order valence-corrected chi connectivity index (χ2v) is 4.78. The van der Waals surface area contributed by atoms with Crippen LogP contribution in [0.5, 0.6) is 0 Å². The summed E-state index contributed by atoms with van der Waals surface area (Å²) in [6, 6.07) is 4.70. The van der Waals surface area contributed by atoms with Gasteiger partial charge in [-0.3, -0.25) is 4.79 Å². The van der Waals surface area contributed by atoms with Gasteiger partial charge in [-0.25, -0.2) is 4.39 Å². The van der Waals surface area contributed by atoms with Crippen molar-refractivity contribution in [3.05, 3.63) is 28.5 Å². The number of anilines is 1. The summed E-state index contributed by atoms with van der Waals surface area (Å²) in [5, 5.41) is 5.56. The van der Waals surface area contributed by atoms with Crippen molar-refractivity contribution >= 4 is 27.5 Å². The largest absolute Gasteiger partial charge is 0.322 e. The van der Waals surface area contributed by atoms with Gasteiger partial charge in [-0.05, 0) is 31.5 Å². The molecule has 0 bridgehead atoms. The van der Waals surface area contributed by atoms with Crippen LogP contribution in [-0.4, -0.2) is 18.5 Å². The molecule has 1 rings (SSSR count). The number of hydrogen-bond acceptors (Lipinski definition) is 2. The Morgan fingerprint density at radius 1 is 1.53 bits per heavy atom. The molecule has 94 valence electrons. The molecule has 1 aromatic carbocycles. The SMILES string of the molecule is CCC(C)NCC(=O)Nc1cc(Br)ccc1F. The Hall–Kier alpha value is -0.940. The molecule has 3 nitrogen and oxygen atoms in total. The maximum atomic E-state index is 13.3. The summed E-state index contributed by atoms with van der Waals surface area (Å²) < 4.78 is 14.1. The number of benzene rings is 1. The van der Waals surface area contributed by atoms with Crippen molar-refractivity contribution in [2.45, 2.75) is 26.3 Å². The topological polar surface area (TPSA) is 41.1 Å². The van der Waals surface area contributed by atoms with Crippen molar-refractivity contribution in [3.8, 4) is 0 Å². The zero-order valence-electron chi connectivity index (χ0n) is 9.89. The van der Waals surface area contributed by atoms with E-state index in [1.807, 2.05) is 13.8 Å². The van der Waals surface area contributed by atoms with E-state index in [2.05, 4.69) is 26.6 Å². The summed E-state index contributed by atoms with van der Waals surface area (Å²) >= 11 is 3.23. The summed E-state index contributed by atoms with van der Waals surface area (Å²) in [5.74, 6) is -0.688. The monoisotopic (exact) mass is 302 g/mol. The molecule has 1 unspecified atom stereocenters. The lowest BCUT2D eigenvalue weighted by molar-refractivity contribution is -0.115. The van der Waals surface area contributed by atoms with Gasteiger partial charge in [0.05, 0.1) is 12.2 Å². The highest BCUT2D eigenvalue weighted by Gasteiger charge is 2.08. The molecule has 0 aromatic heterocycles. The standard InChI is InChI=1S/C12H16BrFN2O/c1-3-8(2)15-7-12(17)16-11-6-9(13)4-5-10(11)14/h4-6,8,15H,3,7H2,1-2H3,(H,16,17). The van der Waals surface area contributed by atoms with Crippen LogP contribution in [-0.2, 0) is 4.79 Å². The minimum absolute atomic E-state index is 0.182. The average molecular weight is 303 g/mol. The third-order valence-corrected chi connectivity index (χ3v) is 2.92. The van der Waals surface area contributed by atoms with Gasteiger partial charge in [0, 0.05) is 10.5 Å². The molecular formula is C12H16BrFN2O. The van der Waals surface area contributed by atoms with Gasteiger partial charge >= 0.3 is 0 Å². The van der Waals surface area contributed by atoms with Gasteiger partial charge in [0.25, 0.3) is 0 Å². The number of amides is 1. The quantitative estimate of drug-likeness (QED) is 0.878. The van der Waals surface area contributed by atoms with Crippen LogP contribution >= 0.6 is 15.9 Å². The number of rotatable bonds is 5. The molecule has 0 saturated heterocycles. The Kier molecular flexibility index (Phi) is 5.58. The lowest BCUT2D eigenvalue weighted by Gasteiger charge is -2.11. The zero-order valence-corrected chi connectivity index (χ0v) is 11.5. The Morgan fingerprint density at radius 2 is 2.24 bits per heavy atom. The van der Waals surface area contributed by atoms with E-state index in [-0.39, 0.29) is 24.2 Å². The van der Waals surface area contributed by atoms with Crippen molar-refractivity contribution in [2.24, 2.45) is 0 Å². The molecule has 0 radical (unpaired) electrons. The first-order valence-corrected chi connectivity index (χ1v) is 6.30. The summed E-state index contributed by atoms with van der Waals surface area (Å²) in [4.78, 5) is 11.5. The minimum Gasteiger partial charge on any atom is -0.322 e. The predicted octanol–water partition coefficient (Wildman–Crippen LogP) is 2.91. The molecule has 1 atom stereocenters. The molecule has 0 aliphatic rings. The maximum absolute atomic E-state index is 13.3. The molecule has 17 heavy (non-hydrogen) atoms. The van der Waals surface area contributed by atoms with Crippen LogP contribution in [0, 0.1) is 5.82 Å². The fourth-order valence-corrected chi connectivity index (χ4v) is 1.56. The summed E-state index contributed by atoms with van der Waals surface area (Å²) in [6.07, 6.45) is 0.943. The first-order chi connectivity index (χ1) is 8.02. The van der Waals surface area contributed by atoms with Crippen LogP contribution < -0.4 is 10.6 Å². The normalized spacial score (nSPS) is 12.2. The average Bonchev–Trinajstić information content (AvgIpc) is 2.30. The number of carbonyl (C=O) groups is 1. The summed E-state index contributed by atoms with van der Waals surface area (Å²) in [7, 11) is 0. The minimum atomic E-state index is -0.440. The highest BCUT2D eigenvalue weighted by atomic mass is 79.9. The Morgan fingerprint density at radius 3 is 2.88 bits per heavy atom. The second kappa shape index (κ2) is 6.71. The van der Waals surface area contributed by atoms with E-state index in [4.69, 9.17) is 0 Å². The molecule has 0 fully saturated rings. The molecule has 1 aromatic rings.